The maximum absolute atomic E-state index is 11.8. The van der Waals surface area contributed by atoms with Crippen LogP contribution in [0.25, 0.3) is 0 Å². The minimum atomic E-state index is -0.349. The molecular formula is C21H24ClNO3. The molecule has 0 amide bonds. The zero-order chi connectivity index (χ0) is 18.7. The number of rotatable bonds is 5. The molecule has 3 rings (SSSR count). The molecule has 5 heteroatoms. The van der Waals surface area contributed by atoms with Crippen molar-refractivity contribution < 1.29 is 14.3 Å². The van der Waals surface area contributed by atoms with E-state index in [4.69, 9.17) is 21.1 Å². The van der Waals surface area contributed by atoms with E-state index in [0.29, 0.717) is 18.1 Å². The number of aryl methyl sites for hydroxylation is 1. The quantitative estimate of drug-likeness (QED) is 0.712. The predicted molar refractivity (Wildman–Crippen MR) is 105 cm³/mol. The monoisotopic (exact) mass is 373 g/mol. The molecule has 2 aromatic rings. The number of fused-ring (bicyclic) bond motifs is 1. The first-order valence-electron chi connectivity index (χ1n) is 8.80. The second-order valence-corrected chi connectivity index (χ2v) is 7.25. The zero-order valence-electron chi connectivity index (χ0n) is 15.4. The Labute approximate surface area is 159 Å². The number of anilines is 1. The van der Waals surface area contributed by atoms with Crippen molar-refractivity contribution in [3.63, 3.8) is 0 Å². The Kier molecular flexibility index (Phi) is 5.72. The maximum Gasteiger partial charge on any atom is 0.337 e. The number of halogens is 1. The van der Waals surface area contributed by atoms with E-state index in [0.717, 1.165) is 35.7 Å². The van der Waals surface area contributed by atoms with Crippen molar-refractivity contribution in [3.05, 3.63) is 58.1 Å². The summed E-state index contributed by atoms with van der Waals surface area (Å²) >= 11 is 6.13. The van der Waals surface area contributed by atoms with Crippen LogP contribution in [0.15, 0.2) is 36.4 Å². The molecule has 138 valence electrons. The zero-order valence-corrected chi connectivity index (χ0v) is 16.2. The van der Waals surface area contributed by atoms with Crippen LogP contribution < -0.4 is 9.64 Å². The fourth-order valence-electron chi connectivity index (χ4n) is 3.48. The van der Waals surface area contributed by atoms with Gasteiger partial charge in [0, 0.05) is 25.0 Å². The van der Waals surface area contributed by atoms with Gasteiger partial charge in [-0.2, -0.15) is 0 Å². The van der Waals surface area contributed by atoms with E-state index in [1.807, 2.05) is 31.1 Å². The van der Waals surface area contributed by atoms with Gasteiger partial charge in [-0.25, -0.2) is 4.79 Å². The fourth-order valence-corrected chi connectivity index (χ4v) is 3.68. The number of methoxy groups -OCH3 is 1. The Morgan fingerprint density at radius 1 is 1.23 bits per heavy atom. The summed E-state index contributed by atoms with van der Waals surface area (Å²) in [6.45, 7) is 0.604. The lowest BCUT2D eigenvalue weighted by Crippen LogP contribution is -2.18. The standard InChI is InChI=1S/C21H24ClNO3/c1-23(2)19-12-15(21(24)25-3)7-10-20(19)26-13-16-6-4-5-14-11-17(22)8-9-18(14)16/h7-12,16H,4-6,13H2,1-3H3/t16-/m1/s1. The van der Waals surface area contributed by atoms with Gasteiger partial charge < -0.3 is 14.4 Å². The molecule has 0 unspecified atom stereocenters. The van der Waals surface area contributed by atoms with Gasteiger partial charge in [0.25, 0.3) is 0 Å². The minimum absolute atomic E-state index is 0.349. The smallest absolute Gasteiger partial charge is 0.337 e. The number of carbonyl (C=O) groups is 1. The summed E-state index contributed by atoms with van der Waals surface area (Å²) in [6, 6.07) is 11.5. The van der Waals surface area contributed by atoms with Crippen molar-refractivity contribution >= 4 is 23.3 Å². The first-order chi connectivity index (χ1) is 12.5. The molecule has 2 aromatic carbocycles. The number of ether oxygens (including phenoxy) is 2. The summed E-state index contributed by atoms with van der Waals surface area (Å²) in [7, 11) is 5.25. The Morgan fingerprint density at radius 2 is 2.04 bits per heavy atom. The van der Waals surface area contributed by atoms with E-state index in [-0.39, 0.29) is 5.97 Å². The second-order valence-electron chi connectivity index (χ2n) is 6.81. The molecule has 1 aliphatic carbocycles. The average Bonchev–Trinajstić information content (AvgIpc) is 2.65. The van der Waals surface area contributed by atoms with Crippen LogP contribution in [-0.2, 0) is 11.2 Å². The highest BCUT2D eigenvalue weighted by molar-refractivity contribution is 6.30. The van der Waals surface area contributed by atoms with Crippen molar-refractivity contribution in [3.8, 4) is 5.75 Å². The van der Waals surface area contributed by atoms with E-state index >= 15 is 0 Å². The van der Waals surface area contributed by atoms with E-state index in [1.54, 1.807) is 12.1 Å². The van der Waals surface area contributed by atoms with Gasteiger partial charge in [0.2, 0.25) is 0 Å². The molecule has 4 nitrogen and oxygen atoms in total. The topological polar surface area (TPSA) is 38.8 Å². The molecule has 0 N–H and O–H groups in total. The van der Waals surface area contributed by atoms with E-state index in [1.165, 1.54) is 18.2 Å². The average molecular weight is 374 g/mol. The largest absolute Gasteiger partial charge is 0.491 e. The highest BCUT2D eigenvalue weighted by atomic mass is 35.5. The lowest BCUT2D eigenvalue weighted by molar-refractivity contribution is 0.0600. The maximum atomic E-state index is 11.8. The second kappa shape index (κ2) is 8.00. The third-order valence-electron chi connectivity index (χ3n) is 4.85. The number of esters is 1. The molecule has 0 spiro atoms. The van der Waals surface area contributed by atoms with Crippen LogP contribution in [0, 0.1) is 0 Å². The third kappa shape index (κ3) is 3.96. The highest BCUT2D eigenvalue weighted by Crippen LogP contribution is 2.35. The lowest BCUT2D eigenvalue weighted by atomic mass is 9.83. The van der Waals surface area contributed by atoms with E-state index in [2.05, 4.69) is 12.1 Å². The summed E-state index contributed by atoms with van der Waals surface area (Å²) < 4.78 is 11.0. The van der Waals surface area contributed by atoms with Crippen LogP contribution >= 0.6 is 11.6 Å². The van der Waals surface area contributed by atoms with Crippen molar-refractivity contribution in [1.29, 1.82) is 0 Å². The molecule has 0 aliphatic heterocycles. The first-order valence-corrected chi connectivity index (χ1v) is 9.18. The molecule has 0 saturated carbocycles. The first kappa shape index (κ1) is 18.6. The predicted octanol–water partition coefficient (Wildman–Crippen LogP) is 4.69. The van der Waals surface area contributed by atoms with Crippen LogP contribution in [0.5, 0.6) is 5.75 Å². The number of benzene rings is 2. The van der Waals surface area contributed by atoms with Gasteiger partial charge in [0.15, 0.2) is 0 Å². The van der Waals surface area contributed by atoms with Crippen LogP contribution in [0.3, 0.4) is 0 Å². The lowest BCUT2D eigenvalue weighted by Gasteiger charge is -2.27. The SMILES string of the molecule is COC(=O)c1ccc(OC[C@H]2CCCc3cc(Cl)ccc32)c(N(C)C)c1. The van der Waals surface area contributed by atoms with Crippen LogP contribution in [0.4, 0.5) is 5.69 Å². The fraction of sp³-hybridized carbons (Fsp3) is 0.381. The van der Waals surface area contributed by atoms with Gasteiger partial charge in [-0.15, -0.1) is 0 Å². The van der Waals surface area contributed by atoms with E-state index in [9.17, 15) is 4.79 Å². The summed E-state index contributed by atoms with van der Waals surface area (Å²) in [4.78, 5) is 13.7. The Balaban J connectivity index is 1.79. The van der Waals surface area contributed by atoms with Gasteiger partial charge in [-0.3, -0.25) is 0 Å². The van der Waals surface area contributed by atoms with Gasteiger partial charge in [-0.05, 0) is 60.7 Å². The van der Waals surface area contributed by atoms with Crippen molar-refractivity contribution in [2.24, 2.45) is 0 Å². The number of nitrogens with zero attached hydrogens (tertiary/aromatic N) is 1. The molecule has 0 fully saturated rings. The van der Waals surface area contributed by atoms with Crippen LogP contribution in [0.2, 0.25) is 5.02 Å². The summed E-state index contributed by atoms with van der Waals surface area (Å²) in [5.41, 5.74) is 4.03. The molecule has 0 radical (unpaired) electrons. The molecule has 0 bridgehead atoms. The Morgan fingerprint density at radius 3 is 2.77 bits per heavy atom. The molecule has 0 aromatic heterocycles. The number of hydrogen-bond acceptors (Lipinski definition) is 4. The Bertz CT molecular complexity index is 804. The van der Waals surface area contributed by atoms with Crippen LogP contribution in [0.1, 0.15) is 40.2 Å². The summed E-state index contributed by atoms with van der Waals surface area (Å²) in [5.74, 6) is 0.771. The third-order valence-corrected chi connectivity index (χ3v) is 5.08. The molecule has 0 heterocycles. The molecule has 1 atom stereocenters. The van der Waals surface area contributed by atoms with Gasteiger partial charge in [0.1, 0.15) is 5.75 Å². The van der Waals surface area contributed by atoms with Gasteiger partial charge in [0.05, 0.1) is 25.0 Å². The summed E-state index contributed by atoms with van der Waals surface area (Å²) in [6.07, 6.45) is 3.32. The van der Waals surface area contributed by atoms with Gasteiger partial charge in [-0.1, -0.05) is 17.7 Å². The van der Waals surface area contributed by atoms with Crippen molar-refractivity contribution in [2.45, 2.75) is 25.2 Å². The summed E-state index contributed by atoms with van der Waals surface area (Å²) in [5, 5.41) is 0.790. The highest BCUT2D eigenvalue weighted by Gasteiger charge is 2.22. The Hall–Kier alpha value is -2.20. The van der Waals surface area contributed by atoms with Gasteiger partial charge >= 0.3 is 5.97 Å². The minimum Gasteiger partial charge on any atom is -0.491 e. The molecular weight excluding hydrogens is 350 g/mol. The number of carbonyl (C=O) groups excluding carboxylic acids is 1. The normalized spacial score (nSPS) is 15.9. The van der Waals surface area contributed by atoms with Crippen LogP contribution in [-0.4, -0.2) is 33.8 Å². The van der Waals surface area contributed by atoms with Crippen molar-refractivity contribution in [2.75, 3.05) is 32.7 Å². The van der Waals surface area contributed by atoms with E-state index < -0.39 is 0 Å². The molecule has 1 aliphatic rings. The molecule has 26 heavy (non-hydrogen) atoms. The molecule has 0 saturated heterocycles. The van der Waals surface area contributed by atoms with Crippen molar-refractivity contribution in [1.82, 2.24) is 0 Å². The number of hydrogen-bond donors (Lipinski definition) is 0.